The van der Waals surface area contributed by atoms with Crippen molar-refractivity contribution in [3.63, 3.8) is 0 Å². The molecule has 2 aromatic rings. The second kappa shape index (κ2) is 7.36. The quantitative estimate of drug-likeness (QED) is 0.882. The molecule has 126 valence electrons. The molecule has 1 aromatic heterocycles. The zero-order valence-electron chi connectivity index (χ0n) is 13.4. The maximum Gasteiger partial charge on any atom is 0.264 e. The van der Waals surface area contributed by atoms with Crippen LogP contribution in [0, 0.1) is 6.92 Å². The van der Waals surface area contributed by atoms with E-state index >= 15 is 0 Å². The molecule has 4 nitrogen and oxygen atoms in total. The zero-order chi connectivity index (χ0) is 17.1. The first-order valence-electron chi connectivity index (χ1n) is 7.98. The lowest BCUT2D eigenvalue weighted by atomic mass is 10.0. The predicted molar refractivity (Wildman–Crippen MR) is 97.8 cm³/mol. The lowest BCUT2D eigenvalue weighted by Crippen LogP contribution is -2.49. The van der Waals surface area contributed by atoms with Gasteiger partial charge >= 0.3 is 0 Å². The van der Waals surface area contributed by atoms with E-state index in [9.17, 15) is 9.59 Å². The molecule has 1 fully saturated rings. The Bertz CT molecular complexity index is 745. The molecule has 1 unspecified atom stereocenters. The highest BCUT2D eigenvalue weighted by Gasteiger charge is 2.33. The molecule has 0 spiro atoms. The standard InChI is InChI=1S/C18H19ClN2O2S/c1-12-7-8-14(13(19)11-12)20-17(22)15-5-2-3-9-21(15)18(23)16-6-4-10-24-16/h4,6-8,10-11,15H,2-3,5,9H2,1H3,(H,20,22). The third kappa shape index (κ3) is 3.62. The maximum atomic E-state index is 12.7. The van der Waals surface area contributed by atoms with Crippen LogP contribution in [0.4, 0.5) is 5.69 Å². The average Bonchev–Trinajstić information content (AvgIpc) is 3.11. The van der Waals surface area contributed by atoms with Gasteiger partial charge in [0.05, 0.1) is 15.6 Å². The van der Waals surface area contributed by atoms with E-state index in [1.807, 2.05) is 30.5 Å². The first-order chi connectivity index (χ1) is 11.6. The van der Waals surface area contributed by atoms with E-state index in [1.165, 1.54) is 11.3 Å². The first kappa shape index (κ1) is 17.0. The fourth-order valence-corrected chi connectivity index (χ4v) is 3.89. The van der Waals surface area contributed by atoms with Crippen molar-refractivity contribution in [3.05, 3.63) is 51.2 Å². The molecule has 0 aliphatic carbocycles. The number of amides is 2. The number of halogens is 1. The lowest BCUT2D eigenvalue weighted by Gasteiger charge is -2.34. The Labute approximate surface area is 150 Å². The molecule has 0 radical (unpaired) electrons. The summed E-state index contributed by atoms with van der Waals surface area (Å²) < 4.78 is 0. The van der Waals surface area contributed by atoms with Crippen LogP contribution in [0.1, 0.15) is 34.5 Å². The molecular formula is C18H19ClN2O2S. The van der Waals surface area contributed by atoms with Crippen molar-refractivity contribution in [2.75, 3.05) is 11.9 Å². The largest absolute Gasteiger partial charge is 0.326 e. The van der Waals surface area contributed by atoms with Crippen molar-refractivity contribution < 1.29 is 9.59 Å². The molecule has 2 heterocycles. The molecule has 1 atom stereocenters. The minimum absolute atomic E-state index is 0.0696. The number of carbonyl (C=O) groups excluding carboxylic acids is 2. The highest BCUT2D eigenvalue weighted by molar-refractivity contribution is 7.12. The van der Waals surface area contributed by atoms with E-state index in [-0.39, 0.29) is 11.8 Å². The highest BCUT2D eigenvalue weighted by atomic mass is 35.5. The number of hydrogen-bond acceptors (Lipinski definition) is 3. The number of nitrogens with zero attached hydrogens (tertiary/aromatic N) is 1. The minimum atomic E-state index is -0.453. The van der Waals surface area contributed by atoms with Crippen LogP contribution < -0.4 is 5.32 Å². The molecular weight excluding hydrogens is 344 g/mol. The number of carbonyl (C=O) groups is 2. The summed E-state index contributed by atoms with van der Waals surface area (Å²) in [6, 6.07) is 8.70. The van der Waals surface area contributed by atoms with Gasteiger partial charge in [-0.15, -0.1) is 11.3 Å². The van der Waals surface area contributed by atoms with Gasteiger partial charge in [-0.05, 0) is 55.3 Å². The Morgan fingerprint density at radius 1 is 1.29 bits per heavy atom. The van der Waals surface area contributed by atoms with Gasteiger partial charge < -0.3 is 10.2 Å². The van der Waals surface area contributed by atoms with Gasteiger partial charge in [0.2, 0.25) is 5.91 Å². The van der Waals surface area contributed by atoms with Crippen LogP contribution in [0.2, 0.25) is 5.02 Å². The third-order valence-electron chi connectivity index (χ3n) is 4.18. The zero-order valence-corrected chi connectivity index (χ0v) is 15.0. The number of benzene rings is 1. The number of hydrogen-bond donors (Lipinski definition) is 1. The van der Waals surface area contributed by atoms with E-state index < -0.39 is 6.04 Å². The van der Waals surface area contributed by atoms with Crippen molar-refractivity contribution in [1.29, 1.82) is 0 Å². The van der Waals surface area contributed by atoms with E-state index in [2.05, 4.69) is 5.32 Å². The summed E-state index contributed by atoms with van der Waals surface area (Å²) in [5, 5.41) is 5.26. The van der Waals surface area contributed by atoms with Crippen LogP contribution in [0.25, 0.3) is 0 Å². The van der Waals surface area contributed by atoms with Crippen molar-refractivity contribution in [1.82, 2.24) is 4.90 Å². The summed E-state index contributed by atoms with van der Waals surface area (Å²) in [5.41, 5.74) is 1.62. The van der Waals surface area contributed by atoms with Gasteiger partial charge in [-0.25, -0.2) is 0 Å². The normalized spacial score (nSPS) is 17.6. The maximum absolute atomic E-state index is 12.7. The fraction of sp³-hybridized carbons (Fsp3) is 0.333. The number of thiophene rings is 1. The first-order valence-corrected chi connectivity index (χ1v) is 9.23. The summed E-state index contributed by atoms with van der Waals surface area (Å²) in [7, 11) is 0. The molecule has 24 heavy (non-hydrogen) atoms. The van der Waals surface area contributed by atoms with E-state index in [1.54, 1.807) is 17.0 Å². The number of piperidine rings is 1. The van der Waals surface area contributed by atoms with E-state index in [4.69, 9.17) is 11.6 Å². The molecule has 1 saturated heterocycles. The Morgan fingerprint density at radius 2 is 2.12 bits per heavy atom. The number of likely N-dealkylation sites (tertiary alicyclic amines) is 1. The van der Waals surface area contributed by atoms with Gasteiger partial charge in [0.15, 0.2) is 0 Å². The number of nitrogens with one attached hydrogen (secondary N) is 1. The van der Waals surface area contributed by atoms with Crippen LogP contribution in [0.3, 0.4) is 0 Å². The average molecular weight is 363 g/mol. The van der Waals surface area contributed by atoms with Crippen LogP contribution in [-0.2, 0) is 4.79 Å². The predicted octanol–water partition coefficient (Wildman–Crippen LogP) is 4.34. The summed E-state index contributed by atoms with van der Waals surface area (Å²) in [6.07, 6.45) is 2.53. The molecule has 3 rings (SSSR count). The second-order valence-corrected chi connectivity index (χ2v) is 7.31. The Balaban J connectivity index is 1.77. The summed E-state index contributed by atoms with van der Waals surface area (Å²) in [4.78, 5) is 27.8. The van der Waals surface area contributed by atoms with Gasteiger partial charge in [0, 0.05) is 6.54 Å². The number of anilines is 1. The van der Waals surface area contributed by atoms with Gasteiger partial charge in [-0.2, -0.15) is 0 Å². The monoisotopic (exact) mass is 362 g/mol. The molecule has 0 saturated carbocycles. The highest BCUT2D eigenvalue weighted by Crippen LogP contribution is 2.26. The lowest BCUT2D eigenvalue weighted by molar-refractivity contribution is -0.121. The summed E-state index contributed by atoms with van der Waals surface area (Å²) >= 11 is 7.60. The van der Waals surface area contributed by atoms with Gasteiger partial charge in [-0.3, -0.25) is 9.59 Å². The number of rotatable bonds is 3. The SMILES string of the molecule is Cc1ccc(NC(=O)C2CCCCN2C(=O)c2cccs2)c(Cl)c1. The molecule has 6 heteroatoms. The smallest absolute Gasteiger partial charge is 0.264 e. The van der Waals surface area contributed by atoms with Crippen LogP contribution >= 0.6 is 22.9 Å². The van der Waals surface area contributed by atoms with Crippen LogP contribution in [0.15, 0.2) is 35.7 Å². The molecule has 1 N–H and O–H groups in total. The molecule has 2 amide bonds. The van der Waals surface area contributed by atoms with Crippen molar-refractivity contribution in [2.24, 2.45) is 0 Å². The van der Waals surface area contributed by atoms with E-state index in [0.717, 1.165) is 18.4 Å². The van der Waals surface area contributed by atoms with Crippen molar-refractivity contribution in [2.45, 2.75) is 32.2 Å². The van der Waals surface area contributed by atoms with Crippen LogP contribution in [-0.4, -0.2) is 29.3 Å². The number of aryl methyl sites for hydroxylation is 1. The van der Waals surface area contributed by atoms with Gasteiger partial charge in [0.25, 0.3) is 5.91 Å². The Kier molecular flexibility index (Phi) is 5.21. The van der Waals surface area contributed by atoms with Gasteiger partial charge in [0.1, 0.15) is 6.04 Å². The van der Waals surface area contributed by atoms with Crippen LogP contribution in [0.5, 0.6) is 0 Å². The molecule has 1 aliphatic heterocycles. The topological polar surface area (TPSA) is 49.4 Å². The van der Waals surface area contributed by atoms with Gasteiger partial charge in [-0.1, -0.05) is 23.7 Å². The minimum Gasteiger partial charge on any atom is -0.326 e. The van der Waals surface area contributed by atoms with Crippen molar-refractivity contribution in [3.8, 4) is 0 Å². The molecule has 0 bridgehead atoms. The Morgan fingerprint density at radius 3 is 2.83 bits per heavy atom. The molecule has 1 aromatic carbocycles. The fourth-order valence-electron chi connectivity index (χ4n) is 2.93. The van der Waals surface area contributed by atoms with E-state index in [0.29, 0.717) is 28.6 Å². The summed E-state index contributed by atoms with van der Waals surface area (Å²) in [6.45, 7) is 2.55. The van der Waals surface area contributed by atoms with Crippen molar-refractivity contribution >= 4 is 40.4 Å². The second-order valence-electron chi connectivity index (χ2n) is 5.96. The molecule has 1 aliphatic rings. The third-order valence-corrected chi connectivity index (χ3v) is 5.35. The Hall–Kier alpha value is -1.85. The summed E-state index contributed by atoms with van der Waals surface area (Å²) in [5.74, 6) is -0.245.